The van der Waals surface area contributed by atoms with Gasteiger partial charge < -0.3 is 10.6 Å². The fourth-order valence-electron chi connectivity index (χ4n) is 2.97. The summed E-state index contributed by atoms with van der Waals surface area (Å²) in [5, 5.41) is 15.0. The van der Waals surface area contributed by atoms with E-state index in [0.29, 0.717) is 13.1 Å². The van der Waals surface area contributed by atoms with E-state index in [2.05, 4.69) is 34.7 Å². The van der Waals surface area contributed by atoms with Crippen molar-refractivity contribution < 1.29 is 4.39 Å². The summed E-state index contributed by atoms with van der Waals surface area (Å²) in [6.07, 6.45) is 2.69. The molecule has 28 heavy (non-hydrogen) atoms. The molecule has 0 fully saturated rings. The van der Waals surface area contributed by atoms with E-state index in [4.69, 9.17) is 4.99 Å². The van der Waals surface area contributed by atoms with E-state index >= 15 is 0 Å². The van der Waals surface area contributed by atoms with Gasteiger partial charge in [0.05, 0.1) is 6.54 Å². The summed E-state index contributed by atoms with van der Waals surface area (Å²) < 4.78 is 15.5. The molecule has 0 atom stereocenters. The third-order valence-corrected chi connectivity index (χ3v) is 4.61. The Hall–Kier alpha value is -2.96. The number of aliphatic imine (C=N–C) groups is 1. The van der Waals surface area contributed by atoms with Crippen LogP contribution in [0.1, 0.15) is 32.2 Å². The SMILES string of the molecule is CCNC(=NCC(C)(C)c1cccc(F)c1)NCCc1nnc2ccccn12. The highest BCUT2D eigenvalue weighted by Gasteiger charge is 2.21. The zero-order valence-corrected chi connectivity index (χ0v) is 16.6. The number of fused-ring (bicyclic) bond motifs is 1. The number of hydrogen-bond donors (Lipinski definition) is 2. The molecule has 2 aromatic heterocycles. The van der Waals surface area contributed by atoms with E-state index in [9.17, 15) is 4.39 Å². The van der Waals surface area contributed by atoms with Gasteiger partial charge in [-0.2, -0.15) is 0 Å². The van der Waals surface area contributed by atoms with Crippen LogP contribution in [-0.2, 0) is 11.8 Å². The highest BCUT2D eigenvalue weighted by Crippen LogP contribution is 2.24. The molecule has 0 radical (unpaired) electrons. The molecule has 3 aromatic rings. The fourth-order valence-corrected chi connectivity index (χ4v) is 2.97. The minimum absolute atomic E-state index is 0.222. The summed E-state index contributed by atoms with van der Waals surface area (Å²) in [5.74, 6) is 1.42. The zero-order chi connectivity index (χ0) is 20.0. The zero-order valence-electron chi connectivity index (χ0n) is 16.6. The lowest BCUT2D eigenvalue weighted by atomic mass is 9.85. The number of rotatable bonds is 7. The Morgan fingerprint density at radius 1 is 1.14 bits per heavy atom. The second-order valence-corrected chi connectivity index (χ2v) is 7.31. The molecule has 7 heteroatoms. The molecule has 148 valence electrons. The maximum Gasteiger partial charge on any atom is 0.191 e. The van der Waals surface area contributed by atoms with Crippen molar-refractivity contribution in [2.75, 3.05) is 19.6 Å². The van der Waals surface area contributed by atoms with E-state index in [-0.39, 0.29) is 11.2 Å². The predicted octanol–water partition coefficient (Wildman–Crippen LogP) is 2.94. The van der Waals surface area contributed by atoms with Crippen molar-refractivity contribution in [3.05, 3.63) is 65.9 Å². The van der Waals surface area contributed by atoms with Crippen LogP contribution in [0, 0.1) is 5.82 Å². The van der Waals surface area contributed by atoms with E-state index in [1.165, 1.54) is 6.07 Å². The Morgan fingerprint density at radius 2 is 2.00 bits per heavy atom. The standard InChI is InChI=1S/C21H27FN6/c1-4-23-20(25-15-21(2,3)16-8-7-9-17(22)14-16)24-12-11-19-27-26-18-10-5-6-13-28(18)19/h5-10,13-14H,4,11-12,15H2,1-3H3,(H2,23,24,25). The number of hydrogen-bond acceptors (Lipinski definition) is 3. The number of aromatic nitrogens is 3. The van der Waals surface area contributed by atoms with Crippen LogP contribution in [0.5, 0.6) is 0 Å². The second-order valence-electron chi connectivity index (χ2n) is 7.31. The van der Waals surface area contributed by atoms with Crippen LogP contribution in [0.3, 0.4) is 0 Å². The molecule has 0 unspecified atom stereocenters. The summed E-state index contributed by atoms with van der Waals surface area (Å²) in [4.78, 5) is 4.70. The summed E-state index contributed by atoms with van der Waals surface area (Å²) in [5.41, 5.74) is 1.50. The lowest BCUT2D eigenvalue weighted by Crippen LogP contribution is -2.39. The van der Waals surface area contributed by atoms with Crippen molar-refractivity contribution >= 4 is 11.6 Å². The van der Waals surface area contributed by atoms with Gasteiger partial charge in [0, 0.05) is 31.1 Å². The number of nitrogens with zero attached hydrogens (tertiary/aromatic N) is 4. The molecule has 0 aliphatic heterocycles. The smallest absolute Gasteiger partial charge is 0.191 e. The van der Waals surface area contributed by atoms with Gasteiger partial charge in [-0.15, -0.1) is 10.2 Å². The quantitative estimate of drug-likeness (QED) is 0.487. The molecule has 1 aromatic carbocycles. The summed E-state index contributed by atoms with van der Waals surface area (Å²) in [6.45, 7) is 8.15. The van der Waals surface area contributed by atoms with Crippen molar-refractivity contribution in [3.8, 4) is 0 Å². The monoisotopic (exact) mass is 382 g/mol. The Kier molecular flexibility index (Phi) is 6.23. The number of pyridine rings is 1. The van der Waals surface area contributed by atoms with Crippen LogP contribution in [-0.4, -0.2) is 40.2 Å². The molecule has 0 bridgehead atoms. The van der Waals surface area contributed by atoms with Crippen molar-refractivity contribution in [2.24, 2.45) is 4.99 Å². The normalized spacial score (nSPS) is 12.4. The molecule has 2 N–H and O–H groups in total. The van der Waals surface area contributed by atoms with E-state index < -0.39 is 0 Å². The van der Waals surface area contributed by atoms with E-state index in [0.717, 1.165) is 36.0 Å². The van der Waals surface area contributed by atoms with Gasteiger partial charge in [0.2, 0.25) is 0 Å². The molecular weight excluding hydrogens is 355 g/mol. The molecule has 3 rings (SSSR count). The molecule has 0 aliphatic rings. The first-order valence-corrected chi connectivity index (χ1v) is 9.56. The summed E-state index contributed by atoms with van der Waals surface area (Å²) in [6, 6.07) is 12.6. The lowest BCUT2D eigenvalue weighted by molar-refractivity contribution is 0.529. The lowest BCUT2D eigenvalue weighted by Gasteiger charge is -2.24. The third kappa shape index (κ3) is 4.85. The van der Waals surface area contributed by atoms with Gasteiger partial charge >= 0.3 is 0 Å². The first-order valence-electron chi connectivity index (χ1n) is 9.56. The van der Waals surface area contributed by atoms with Crippen LogP contribution in [0.2, 0.25) is 0 Å². The first-order chi connectivity index (χ1) is 13.5. The molecular formula is C21H27FN6. The topological polar surface area (TPSA) is 66.6 Å². The first kappa shape index (κ1) is 19.8. The van der Waals surface area contributed by atoms with Gasteiger partial charge in [0.25, 0.3) is 0 Å². The highest BCUT2D eigenvalue weighted by atomic mass is 19.1. The van der Waals surface area contributed by atoms with Crippen LogP contribution in [0.15, 0.2) is 53.7 Å². The minimum atomic E-state index is -0.270. The predicted molar refractivity (Wildman–Crippen MR) is 110 cm³/mol. The van der Waals surface area contributed by atoms with E-state index in [1.807, 2.05) is 41.8 Å². The number of benzene rings is 1. The van der Waals surface area contributed by atoms with Gasteiger partial charge in [-0.25, -0.2) is 4.39 Å². The number of guanidine groups is 1. The fraction of sp³-hybridized carbons (Fsp3) is 0.381. The molecule has 0 saturated heterocycles. The summed E-state index contributed by atoms with van der Waals surface area (Å²) in [7, 11) is 0. The average Bonchev–Trinajstić information content (AvgIpc) is 3.09. The molecule has 0 spiro atoms. The summed E-state index contributed by atoms with van der Waals surface area (Å²) >= 11 is 0. The highest BCUT2D eigenvalue weighted by molar-refractivity contribution is 5.79. The molecule has 0 saturated carbocycles. The Balaban J connectivity index is 1.62. The number of nitrogens with one attached hydrogen (secondary N) is 2. The Morgan fingerprint density at radius 3 is 2.79 bits per heavy atom. The number of halogens is 1. The second kappa shape index (κ2) is 8.82. The van der Waals surface area contributed by atoms with Gasteiger partial charge in [0.1, 0.15) is 11.6 Å². The van der Waals surface area contributed by atoms with Crippen molar-refractivity contribution in [1.29, 1.82) is 0 Å². The van der Waals surface area contributed by atoms with Gasteiger partial charge in [-0.1, -0.05) is 32.0 Å². The molecule has 6 nitrogen and oxygen atoms in total. The molecule has 0 aliphatic carbocycles. The Bertz CT molecular complexity index is 947. The average molecular weight is 382 g/mol. The van der Waals surface area contributed by atoms with Crippen LogP contribution < -0.4 is 10.6 Å². The van der Waals surface area contributed by atoms with E-state index in [1.54, 1.807) is 12.1 Å². The largest absolute Gasteiger partial charge is 0.357 e. The van der Waals surface area contributed by atoms with Gasteiger partial charge in [0.15, 0.2) is 11.6 Å². The molecule has 2 heterocycles. The third-order valence-electron chi connectivity index (χ3n) is 4.61. The van der Waals surface area contributed by atoms with Crippen LogP contribution in [0.25, 0.3) is 5.65 Å². The molecule has 0 amide bonds. The van der Waals surface area contributed by atoms with Crippen LogP contribution >= 0.6 is 0 Å². The maximum atomic E-state index is 13.6. The van der Waals surface area contributed by atoms with Gasteiger partial charge in [-0.3, -0.25) is 9.39 Å². The van der Waals surface area contributed by atoms with Crippen LogP contribution in [0.4, 0.5) is 4.39 Å². The minimum Gasteiger partial charge on any atom is -0.357 e. The van der Waals surface area contributed by atoms with Crippen molar-refractivity contribution in [1.82, 2.24) is 25.2 Å². The van der Waals surface area contributed by atoms with Crippen molar-refractivity contribution in [2.45, 2.75) is 32.6 Å². The Labute approximate surface area is 164 Å². The van der Waals surface area contributed by atoms with Gasteiger partial charge in [-0.05, 0) is 36.8 Å². The maximum absolute atomic E-state index is 13.6. The van der Waals surface area contributed by atoms with Crippen molar-refractivity contribution in [3.63, 3.8) is 0 Å².